The molecule has 0 aliphatic carbocycles. The zero-order chi connectivity index (χ0) is 10.7. The molecule has 1 atom stereocenters. The first kappa shape index (κ1) is 10.2. The summed E-state index contributed by atoms with van der Waals surface area (Å²) in [7, 11) is 0. The van der Waals surface area contributed by atoms with Crippen LogP contribution in [0.2, 0.25) is 0 Å². The van der Waals surface area contributed by atoms with Crippen molar-refractivity contribution in [2.45, 2.75) is 25.4 Å². The average Bonchev–Trinajstić information content (AvgIpc) is 2.26. The van der Waals surface area contributed by atoms with Gasteiger partial charge in [-0.3, -0.25) is 4.79 Å². The molecule has 80 valence electrons. The van der Waals surface area contributed by atoms with Gasteiger partial charge < -0.3 is 10.6 Å². The molecule has 1 saturated heterocycles. The van der Waals surface area contributed by atoms with Crippen molar-refractivity contribution in [2.75, 3.05) is 6.54 Å². The van der Waals surface area contributed by atoms with Gasteiger partial charge in [-0.25, -0.2) is 0 Å². The Morgan fingerprint density at radius 3 is 2.80 bits per heavy atom. The smallest absolute Gasteiger partial charge is 0.239 e. The van der Waals surface area contributed by atoms with Crippen molar-refractivity contribution in [3.63, 3.8) is 0 Å². The summed E-state index contributed by atoms with van der Waals surface area (Å²) in [5.74, 6) is 0.0881. The SMILES string of the molecule is N[C@H]1CCCN(Cc2ccccc2)C1=O. The Balaban J connectivity index is 2.03. The molecular formula is C12H16N2O. The number of carbonyl (C=O) groups is 1. The number of nitrogens with zero attached hydrogens (tertiary/aromatic N) is 1. The van der Waals surface area contributed by atoms with Crippen molar-refractivity contribution in [1.82, 2.24) is 4.90 Å². The van der Waals surface area contributed by atoms with Crippen LogP contribution < -0.4 is 5.73 Å². The summed E-state index contributed by atoms with van der Waals surface area (Å²) in [5.41, 5.74) is 6.90. The summed E-state index contributed by atoms with van der Waals surface area (Å²) in [6.45, 7) is 1.52. The van der Waals surface area contributed by atoms with Gasteiger partial charge in [0.1, 0.15) is 0 Å². The van der Waals surface area contributed by atoms with Crippen LogP contribution >= 0.6 is 0 Å². The van der Waals surface area contributed by atoms with E-state index in [-0.39, 0.29) is 11.9 Å². The fraction of sp³-hybridized carbons (Fsp3) is 0.417. The Hall–Kier alpha value is -1.35. The molecule has 1 fully saturated rings. The molecule has 1 amide bonds. The van der Waals surface area contributed by atoms with Crippen molar-refractivity contribution in [1.29, 1.82) is 0 Å². The minimum atomic E-state index is -0.289. The van der Waals surface area contributed by atoms with Gasteiger partial charge in [0.15, 0.2) is 0 Å². The van der Waals surface area contributed by atoms with Gasteiger partial charge in [0.05, 0.1) is 6.04 Å². The Morgan fingerprint density at radius 1 is 1.33 bits per heavy atom. The Labute approximate surface area is 89.9 Å². The molecular weight excluding hydrogens is 188 g/mol. The van der Waals surface area contributed by atoms with Crippen molar-refractivity contribution in [3.8, 4) is 0 Å². The standard InChI is InChI=1S/C12H16N2O/c13-11-7-4-8-14(12(11)15)9-10-5-2-1-3-6-10/h1-3,5-6,11H,4,7-9,13H2/t11-/m0/s1. The number of amides is 1. The number of nitrogens with two attached hydrogens (primary N) is 1. The maximum atomic E-state index is 11.7. The molecule has 1 heterocycles. The number of hydrogen-bond acceptors (Lipinski definition) is 2. The third kappa shape index (κ3) is 2.36. The van der Waals surface area contributed by atoms with Gasteiger partial charge in [-0.15, -0.1) is 0 Å². The number of piperidine rings is 1. The number of likely N-dealkylation sites (tertiary alicyclic amines) is 1. The highest BCUT2D eigenvalue weighted by Crippen LogP contribution is 2.13. The van der Waals surface area contributed by atoms with Crippen LogP contribution in [0.5, 0.6) is 0 Å². The fourth-order valence-corrected chi connectivity index (χ4v) is 1.93. The van der Waals surface area contributed by atoms with Crippen LogP contribution in [0.3, 0.4) is 0 Å². The van der Waals surface area contributed by atoms with Gasteiger partial charge in [0.25, 0.3) is 0 Å². The normalized spacial score (nSPS) is 21.8. The number of hydrogen-bond donors (Lipinski definition) is 1. The van der Waals surface area contributed by atoms with Crippen molar-refractivity contribution < 1.29 is 4.79 Å². The van der Waals surface area contributed by atoms with Crippen LogP contribution in [0.15, 0.2) is 30.3 Å². The van der Waals surface area contributed by atoms with Crippen LogP contribution in [0.25, 0.3) is 0 Å². The van der Waals surface area contributed by atoms with E-state index in [4.69, 9.17) is 5.73 Å². The predicted molar refractivity (Wildman–Crippen MR) is 59.1 cm³/mol. The second-order valence-electron chi connectivity index (χ2n) is 3.99. The second-order valence-corrected chi connectivity index (χ2v) is 3.99. The molecule has 1 aromatic rings. The Kier molecular flexibility index (Phi) is 3.02. The molecule has 2 rings (SSSR count). The van der Waals surface area contributed by atoms with Gasteiger partial charge in [-0.1, -0.05) is 30.3 Å². The zero-order valence-electron chi connectivity index (χ0n) is 8.73. The summed E-state index contributed by atoms with van der Waals surface area (Å²) in [6, 6.07) is 9.74. The van der Waals surface area contributed by atoms with E-state index in [2.05, 4.69) is 0 Å². The molecule has 0 spiro atoms. The van der Waals surface area contributed by atoms with Crippen LogP contribution in [0.4, 0.5) is 0 Å². The minimum absolute atomic E-state index is 0.0881. The molecule has 1 aliphatic rings. The van der Waals surface area contributed by atoms with E-state index in [1.54, 1.807) is 0 Å². The molecule has 1 aromatic carbocycles. The highest BCUT2D eigenvalue weighted by atomic mass is 16.2. The first-order valence-electron chi connectivity index (χ1n) is 5.35. The van der Waals surface area contributed by atoms with Gasteiger partial charge >= 0.3 is 0 Å². The van der Waals surface area contributed by atoms with E-state index in [9.17, 15) is 4.79 Å². The quantitative estimate of drug-likeness (QED) is 0.785. The third-order valence-electron chi connectivity index (χ3n) is 2.79. The first-order chi connectivity index (χ1) is 7.27. The molecule has 3 nitrogen and oxygen atoms in total. The van der Waals surface area contributed by atoms with Crippen LogP contribution in [0, 0.1) is 0 Å². The van der Waals surface area contributed by atoms with E-state index in [0.29, 0.717) is 6.54 Å². The molecule has 0 saturated carbocycles. The molecule has 2 N–H and O–H groups in total. The van der Waals surface area contributed by atoms with Crippen molar-refractivity contribution in [3.05, 3.63) is 35.9 Å². The van der Waals surface area contributed by atoms with Crippen molar-refractivity contribution in [2.24, 2.45) is 5.73 Å². The first-order valence-corrected chi connectivity index (χ1v) is 5.35. The van der Waals surface area contributed by atoms with Gasteiger partial charge in [0.2, 0.25) is 5.91 Å². The third-order valence-corrected chi connectivity index (χ3v) is 2.79. The number of benzene rings is 1. The van der Waals surface area contributed by atoms with Crippen LogP contribution in [-0.4, -0.2) is 23.4 Å². The van der Waals surface area contributed by atoms with E-state index in [1.165, 1.54) is 5.56 Å². The lowest BCUT2D eigenvalue weighted by Gasteiger charge is -2.30. The summed E-state index contributed by atoms with van der Waals surface area (Å²) in [6.07, 6.45) is 1.84. The molecule has 1 aliphatic heterocycles. The molecule has 0 unspecified atom stereocenters. The molecule has 0 radical (unpaired) electrons. The minimum Gasteiger partial charge on any atom is -0.337 e. The Morgan fingerprint density at radius 2 is 2.07 bits per heavy atom. The molecule has 0 bridgehead atoms. The van der Waals surface area contributed by atoms with E-state index < -0.39 is 0 Å². The van der Waals surface area contributed by atoms with E-state index in [0.717, 1.165) is 19.4 Å². The maximum absolute atomic E-state index is 11.7. The predicted octanol–water partition coefficient (Wildman–Crippen LogP) is 1.14. The van der Waals surface area contributed by atoms with Gasteiger partial charge in [0, 0.05) is 13.1 Å². The summed E-state index contributed by atoms with van der Waals surface area (Å²) < 4.78 is 0. The van der Waals surface area contributed by atoms with Crippen LogP contribution in [0.1, 0.15) is 18.4 Å². The second kappa shape index (κ2) is 4.45. The fourth-order valence-electron chi connectivity index (χ4n) is 1.93. The number of rotatable bonds is 2. The van der Waals surface area contributed by atoms with Crippen molar-refractivity contribution >= 4 is 5.91 Å². The summed E-state index contributed by atoms with van der Waals surface area (Å²) in [4.78, 5) is 13.6. The summed E-state index contributed by atoms with van der Waals surface area (Å²) >= 11 is 0. The maximum Gasteiger partial charge on any atom is 0.239 e. The lowest BCUT2D eigenvalue weighted by atomic mass is 10.0. The van der Waals surface area contributed by atoms with Gasteiger partial charge in [-0.2, -0.15) is 0 Å². The van der Waals surface area contributed by atoms with E-state index in [1.807, 2.05) is 35.2 Å². The molecule has 15 heavy (non-hydrogen) atoms. The zero-order valence-corrected chi connectivity index (χ0v) is 8.73. The summed E-state index contributed by atoms with van der Waals surface area (Å²) in [5, 5.41) is 0. The highest BCUT2D eigenvalue weighted by Gasteiger charge is 2.25. The lowest BCUT2D eigenvalue weighted by Crippen LogP contribution is -2.47. The largest absolute Gasteiger partial charge is 0.337 e. The average molecular weight is 204 g/mol. The lowest BCUT2D eigenvalue weighted by molar-refractivity contribution is -0.135. The highest BCUT2D eigenvalue weighted by molar-refractivity contribution is 5.82. The van der Waals surface area contributed by atoms with E-state index >= 15 is 0 Å². The number of carbonyl (C=O) groups excluding carboxylic acids is 1. The topological polar surface area (TPSA) is 46.3 Å². The van der Waals surface area contributed by atoms with Crippen LogP contribution in [-0.2, 0) is 11.3 Å². The molecule has 3 heteroatoms. The van der Waals surface area contributed by atoms with Gasteiger partial charge in [-0.05, 0) is 18.4 Å². The molecule has 0 aromatic heterocycles. The Bertz CT molecular complexity index is 337. The monoisotopic (exact) mass is 204 g/mol.